The topological polar surface area (TPSA) is 80.3 Å². The van der Waals surface area contributed by atoms with E-state index in [4.69, 9.17) is 9.41 Å². The van der Waals surface area contributed by atoms with Crippen LogP contribution in [0, 0.1) is 0 Å². The standard InChI is InChI=1S/C20H26N6OS/c1-2-18-24-19-8-7-15(14-26(19)25-18)23-20(22-13-17-6-4-12-28-17)21-10-9-16-5-3-11-27-16/h3-6,11-12,15H,2,7-10,13-14H2,1H3,(H2,21,22,23). The lowest BCUT2D eigenvalue weighted by atomic mass is 10.1. The summed E-state index contributed by atoms with van der Waals surface area (Å²) in [4.78, 5) is 10.6. The summed E-state index contributed by atoms with van der Waals surface area (Å²) in [6.45, 7) is 4.36. The highest BCUT2D eigenvalue weighted by Crippen LogP contribution is 2.14. The summed E-state index contributed by atoms with van der Waals surface area (Å²) < 4.78 is 7.46. The average molecular weight is 399 g/mol. The van der Waals surface area contributed by atoms with Gasteiger partial charge in [0.2, 0.25) is 0 Å². The molecule has 0 saturated carbocycles. The Morgan fingerprint density at radius 2 is 2.36 bits per heavy atom. The Morgan fingerprint density at radius 3 is 3.14 bits per heavy atom. The number of guanidine groups is 1. The van der Waals surface area contributed by atoms with Crippen LogP contribution >= 0.6 is 11.3 Å². The molecule has 0 aromatic carbocycles. The molecule has 1 atom stereocenters. The fourth-order valence-electron chi connectivity index (χ4n) is 3.29. The summed E-state index contributed by atoms with van der Waals surface area (Å²) in [5.41, 5.74) is 0. The maximum Gasteiger partial charge on any atom is 0.191 e. The zero-order valence-corrected chi connectivity index (χ0v) is 16.9. The minimum Gasteiger partial charge on any atom is -0.469 e. The van der Waals surface area contributed by atoms with Gasteiger partial charge in [-0.15, -0.1) is 11.3 Å². The van der Waals surface area contributed by atoms with Crippen molar-refractivity contribution in [1.29, 1.82) is 0 Å². The number of nitrogens with zero attached hydrogens (tertiary/aromatic N) is 4. The van der Waals surface area contributed by atoms with Gasteiger partial charge >= 0.3 is 0 Å². The van der Waals surface area contributed by atoms with Gasteiger partial charge in [-0.05, 0) is 30.0 Å². The Balaban J connectivity index is 1.38. The van der Waals surface area contributed by atoms with E-state index in [2.05, 4.69) is 45.2 Å². The third-order valence-corrected chi connectivity index (χ3v) is 5.64. The molecule has 1 aliphatic rings. The molecule has 4 rings (SSSR count). The summed E-state index contributed by atoms with van der Waals surface area (Å²) >= 11 is 1.73. The monoisotopic (exact) mass is 398 g/mol. The quantitative estimate of drug-likeness (QED) is 0.473. The van der Waals surface area contributed by atoms with Crippen LogP contribution in [0.3, 0.4) is 0 Å². The Labute approximate surface area is 168 Å². The van der Waals surface area contributed by atoms with Gasteiger partial charge in [0.05, 0.1) is 19.4 Å². The first kappa shape index (κ1) is 18.7. The predicted molar refractivity (Wildman–Crippen MR) is 111 cm³/mol. The summed E-state index contributed by atoms with van der Waals surface area (Å²) in [5, 5.41) is 13.7. The SMILES string of the molecule is CCc1nc2n(n1)CC(NC(=NCc1cccs1)NCCc1ccco1)CC2. The molecule has 0 fully saturated rings. The van der Waals surface area contributed by atoms with Crippen LogP contribution in [0.15, 0.2) is 45.3 Å². The van der Waals surface area contributed by atoms with E-state index >= 15 is 0 Å². The van der Waals surface area contributed by atoms with Crippen LogP contribution in [0.1, 0.15) is 35.6 Å². The number of furan rings is 1. The molecule has 0 aliphatic carbocycles. The smallest absolute Gasteiger partial charge is 0.191 e. The Hall–Kier alpha value is -2.61. The first-order chi connectivity index (χ1) is 13.8. The van der Waals surface area contributed by atoms with Gasteiger partial charge in [0, 0.05) is 36.7 Å². The molecule has 0 bridgehead atoms. The summed E-state index contributed by atoms with van der Waals surface area (Å²) in [7, 11) is 0. The van der Waals surface area contributed by atoms with Gasteiger partial charge in [0.15, 0.2) is 11.8 Å². The molecule has 3 aromatic rings. The summed E-state index contributed by atoms with van der Waals surface area (Å²) in [6.07, 6.45) is 5.38. The van der Waals surface area contributed by atoms with E-state index in [0.29, 0.717) is 6.54 Å². The number of nitrogens with one attached hydrogen (secondary N) is 2. The van der Waals surface area contributed by atoms with Crippen molar-refractivity contribution in [2.45, 2.75) is 51.7 Å². The largest absolute Gasteiger partial charge is 0.469 e. The van der Waals surface area contributed by atoms with Crippen molar-refractivity contribution in [2.24, 2.45) is 4.99 Å². The molecule has 148 valence electrons. The third kappa shape index (κ3) is 4.81. The van der Waals surface area contributed by atoms with E-state index < -0.39 is 0 Å². The van der Waals surface area contributed by atoms with Gasteiger partial charge in [0.1, 0.15) is 11.6 Å². The Bertz CT molecular complexity index is 884. The molecule has 28 heavy (non-hydrogen) atoms. The Morgan fingerprint density at radius 1 is 1.39 bits per heavy atom. The molecule has 0 amide bonds. The molecule has 4 heterocycles. The van der Waals surface area contributed by atoms with Crippen molar-refractivity contribution in [3.05, 3.63) is 58.2 Å². The lowest BCUT2D eigenvalue weighted by Crippen LogP contribution is -2.47. The van der Waals surface area contributed by atoms with Crippen LogP contribution in [0.2, 0.25) is 0 Å². The predicted octanol–water partition coefficient (Wildman–Crippen LogP) is 2.79. The second kappa shape index (κ2) is 9.05. The highest BCUT2D eigenvalue weighted by atomic mass is 32.1. The van der Waals surface area contributed by atoms with E-state index in [1.54, 1.807) is 17.6 Å². The summed E-state index contributed by atoms with van der Waals surface area (Å²) in [5.74, 6) is 3.84. The first-order valence-electron chi connectivity index (χ1n) is 9.82. The minimum atomic E-state index is 0.289. The van der Waals surface area contributed by atoms with Gasteiger partial charge in [-0.1, -0.05) is 13.0 Å². The fraction of sp³-hybridized carbons (Fsp3) is 0.450. The van der Waals surface area contributed by atoms with Crippen LogP contribution in [0.25, 0.3) is 0 Å². The Kier molecular flexibility index (Phi) is 6.06. The molecule has 0 saturated heterocycles. The van der Waals surface area contributed by atoms with Crippen LogP contribution in [-0.2, 0) is 32.4 Å². The highest BCUT2D eigenvalue weighted by molar-refractivity contribution is 7.09. The van der Waals surface area contributed by atoms with Gasteiger partial charge in [-0.3, -0.25) is 0 Å². The first-order valence-corrected chi connectivity index (χ1v) is 10.7. The minimum absolute atomic E-state index is 0.289. The molecular weight excluding hydrogens is 372 g/mol. The van der Waals surface area contributed by atoms with Gasteiger partial charge < -0.3 is 15.1 Å². The maximum absolute atomic E-state index is 5.42. The lowest BCUT2D eigenvalue weighted by Gasteiger charge is -2.25. The molecule has 8 heteroatoms. The zero-order chi connectivity index (χ0) is 19.2. The number of aliphatic imine (C=N–C) groups is 1. The van der Waals surface area contributed by atoms with E-state index in [0.717, 1.165) is 62.1 Å². The van der Waals surface area contributed by atoms with Crippen molar-refractivity contribution in [2.75, 3.05) is 6.54 Å². The number of hydrogen-bond acceptors (Lipinski definition) is 5. The van der Waals surface area contributed by atoms with E-state index in [9.17, 15) is 0 Å². The van der Waals surface area contributed by atoms with Crippen molar-refractivity contribution < 1.29 is 4.42 Å². The number of aromatic nitrogens is 3. The highest BCUT2D eigenvalue weighted by Gasteiger charge is 2.22. The van der Waals surface area contributed by atoms with Gasteiger partial charge in [0.25, 0.3) is 0 Å². The van der Waals surface area contributed by atoms with Crippen LogP contribution in [0.5, 0.6) is 0 Å². The van der Waals surface area contributed by atoms with Gasteiger partial charge in [-0.25, -0.2) is 14.7 Å². The van der Waals surface area contributed by atoms with Crippen molar-refractivity contribution in [1.82, 2.24) is 25.4 Å². The van der Waals surface area contributed by atoms with E-state index in [-0.39, 0.29) is 6.04 Å². The number of hydrogen-bond donors (Lipinski definition) is 2. The number of thiophene rings is 1. The number of aryl methyl sites for hydroxylation is 2. The lowest BCUT2D eigenvalue weighted by molar-refractivity contribution is 0.391. The van der Waals surface area contributed by atoms with Crippen LogP contribution in [0.4, 0.5) is 0 Å². The van der Waals surface area contributed by atoms with Crippen molar-refractivity contribution >= 4 is 17.3 Å². The summed E-state index contributed by atoms with van der Waals surface area (Å²) in [6, 6.07) is 8.38. The number of fused-ring (bicyclic) bond motifs is 1. The molecule has 3 aromatic heterocycles. The van der Waals surface area contributed by atoms with Crippen LogP contribution < -0.4 is 10.6 Å². The third-order valence-electron chi connectivity index (χ3n) is 4.78. The second-order valence-electron chi connectivity index (χ2n) is 6.86. The molecule has 7 nitrogen and oxygen atoms in total. The zero-order valence-electron chi connectivity index (χ0n) is 16.1. The number of rotatable bonds is 7. The van der Waals surface area contributed by atoms with E-state index in [1.807, 2.05) is 16.8 Å². The van der Waals surface area contributed by atoms with Crippen LogP contribution in [-0.4, -0.2) is 33.3 Å². The molecule has 1 unspecified atom stereocenters. The molecular formula is C20H26N6OS. The van der Waals surface area contributed by atoms with Crippen molar-refractivity contribution in [3.8, 4) is 0 Å². The fourth-order valence-corrected chi connectivity index (χ4v) is 3.92. The van der Waals surface area contributed by atoms with Crippen molar-refractivity contribution in [3.63, 3.8) is 0 Å². The molecule has 2 N–H and O–H groups in total. The van der Waals surface area contributed by atoms with Gasteiger partial charge in [-0.2, -0.15) is 5.10 Å². The van der Waals surface area contributed by atoms with E-state index in [1.165, 1.54) is 4.88 Å². The normalized spacial score (nSPS) is 16.8. The molecule has 1 aliphatic heterocycles. The molecule has 0 radical (unpaired) electrons. The maximum atomic E-state index is 5.42. The second-order valence-corrected chi connectivity index (χ2v) is 7.89. The molecule has 0 spiro atoms. The average Bonchev–Trinajstić information content (AvgIpc) is 3.46.